The molecule has 2 nitrogen and oxygen atoms in total. The molecular weight excluding hydrogens is 322 g/mol. The number of hydrogen-bond donors (Lipinski definition) is 0. The molecule has 1 atom stereocenters. The Bertz CT molecular complexity index is 582. The van der Waals surface area contributed by atoms with Crippen LogP contribution in [0, 0.1) is 0 Å². The zero-order valence-electron chi connectivity index (χ0n) is 10.4. The molecule has 0 N–H and O–H groups in total. The third-order valence-electron chi connectivity index (χ3n) is 3.51. The van der Waals surface area contributed by atoms with Gasteiger partial charge in [0.25, 0.3) is 5.91 Å². The lowest BCUT2D eigenvalue weighted by molar-refractivity contribution is 0.0736. The Morgan fingerprint density at radius 3 is 3.00 bits per heavy atom. The Morgan fingerprint density at radius 2 is 2.26 bits per heavy atom. The summed E-state index contributed by atoms with van der Waals surface area (Å²) in [6.07, 6.45) is 2.15. The molecule has 1 aromatic heterocycles. The molecule has 1 amide bonds. The summed E-state index contributed by atoms with van der Waals surface area (Å²) in [6, 6.07) is 10.0. The first-order valence-corrected chi connectivity index (χ1v) is 8.08. The van der Waals surface area contributed by atoms with Crippen LogP contribution in [0.5, 0.6) is 0 Å². The number of carbonyl (C=O) groups excluding carboxylic acids is 1. The number of likely N-dealkylation sites (tertiary alicyclic amines) is 1. The van der Waals surface area contributed by atoms with Gasteiger partial charge < -0.3 is 4.90 Å². The van der Waals surface area contributed by atoms with Crippen molar-refractivity contribution in [2.75, 3.05) is 6.54 Å². The van der Waals surface area contributed by atoms with Crippen LogP contribution in [0.3, 0.4) is 0 Å². The molecule has 1 unspecified atom stereocenters. The highest BCUT2D eigenvalue weighted by Crippen LogP contribution is 2.34. The molecule has 0 bridgehead atoms. The number of carbonyl (C=O) groups is 1. The quantitative estimate of drug-likeness (QED) is 0.791. The van der Waals surface area contributed by atoms with Crippen LogP contribution >= 0.6 is 27.3 Å². The minimum atomic E-state index is 0.134. The average molecular weight is 336 g/mol. The monoisotopic (exact) mass is 335 g/mol. The second-order valence-electron chi connectivity index (χ2n) is 4.72. The fourth-order valence-corrected chi connectivity index (χ4v) is 3.71. The lowest BCUT2D eigenvalue weighted by atomic mass is 10.1. The number of rotatable bonds is 2. The van der Waals surface area contributed by atoms with E-state index in [1.165, 1.54) is 5.56 Å². The summed E-state index contributed by atoms with van der Waals surface area (Å²) >= 11 is 5.12. The van der Waals surface area contributed by atoms with E-state index in [1.54, 1.807) is 11.3 Å². The van der Waals surface area contributed by atoms with Crippen LogP contribution in [0.25, 0.3) is 0 Å². The van der Waals surface area contributed by atoms with Crippen LogP contribution < -0.4 is 0 Å². The molecule has 3 rings (SSSR count). The van der Waals surface area contributed by atoms with E-state index < -0.39 is 0 Å². The summed E-state index contributed by atoms with van der Waals surface area (Å²) in [5.74, 6) is 0.134. The van der Waals surface area contributed by atoms with E-state index in [-0.39, 0.29) is 11.9 Å². The maximum Gasteiger partial charge on any atom is 0.254 e. The first kappa shape index (κ1) is 12.9. The highest BCUT2D eigenvalue weighted by molar-refractivity contribution is 9.10. The van der Waals surface area contributed by atoms with E-state index in [4.69, 9.17) is 0 Å². The second-order valence-corrected chi connectivity index (χ2v) is 6.42. The maximum absolute atomic E-state index is 12.6. The highest BCUT2D eigenvalue weighted by Gasteiger charge is 2.30. The molecule has 2 aromatic rings. The predicted molar refractivity (Wildman–Crippen MR) is 81.5 cm³/mol. The molecule has 2 heterocycles. The molecule has 1 saturated heterocycles. The van der Waals surface area contributed by atoms with Gasteiger partial charge in [-0.25, -0.2) is 0 Å². The van der Waals surface area contributed by atoms with Gasteiger partial charge in [0.05, 0.1) is 6.04 Å². The van der Waals surface area contributed by atoms with Crippen LogP contribution in [0.15, 0.2) is 45.6 Å². The molecule has 1 aliphatic rings. The Morgan fingerprint density at radius 1 is 1.37 bits per heavy atom. The summed E-state index contributed by atoms with van der Waals surface area (Å²) in [5.41, 5.74) is 2.03. The fraction of sp³-hybridized carbons (Fsp3) is 0.267. The van der Waals surface area contributed by atoms with Crippen molar-refractivity contribution in [1.29, 1.82) is 0 Å². The molecular formula is C15H14BrNOS. The van der Waals surface area contributed by atoms with Gasteiger partial charge in [-0.3, -0.25) is 4.79 Å². The lowest BCUT2D eigenvalue weighted by Crippen LogP contribution is -2.30. The number of halogens is 1. The van der Waals surface area contributed by atoms with Crippen LogP contribution in [-0.4, -0.2) is 17.4 Å². The molecule has 4 heteroatoms. The summed E-state index contributed by atoms with van der Waals surface area (Å²) in [6.45, 7) is 0.853. The van der Waals surface area contributed by atoms with Crippen molar-refractivity contribution in [3.8, 4) is 0 Å². The van der Waals surface area contributed by atoms with Crippen molar-refractivity contribution in [2.24, 2.45) is 0 Å². The van der Waals surface area contributed by atoms with Crippen LogP contribution in [0.1, 0.15) is 34.8 Å². The third-order valence-corrected chi connectivity index (χ3v) is 4.71. The zero-order valence-corrected chi connectivity index (χ0v) is 12.8. The fourth-order valence-electron chi connectivity index (χ4n) is 2.61. The normalized spacial score (nSPS) is 18.8. The largest absolute Gasteiger partial charge is 0.332 e. The Labute approximate surface area is 125 Å². The molecule has 1 fully saturated rings. The van der Waals surface area contributed by atoms with Crippen molar-refractivity contribution in [3.05, 3.63) is 56.7 Å². The summed E-state index contributed by atoms with van der Waals surface area (Å²) in [4.78, 5) is 14.6. The standard InChI is InChI=1S/C15H14BrNOS/c16-13-4-1-3-11(9-13)15(18)17-7-2-5-14(17)12-6-8-19-10-12/h1,3-4,6,8-10,14H,2,5,7H2. The van der Waals surface area contributed by atoms with Crippen molar-refractivity contribution in [3.63, 3.8) is 0 Å². The van der Waals surface area contributed by atoms with Gasteiger partial charge in [0, 0.05) is 16.6 Å². The third kappa shape index (κ3) is 2.60. The number of hydrogen-bond acceptors (Lipinski definition) is 2. The zero-order chi connectivity index (χ0) is 13.2. The molecule has 0 aliphatic carbocycles. The van der Waals surface area contributed by atoms with Gasteiger partial charge in [-0.15, -0.1) is 0 Å². The van der Waals surface area contributed by atoms with Gasteiger partial charge in [0.1, 0.15) is 0 Å². The molecule has 19 heavy (non-hydrogen) atoms. The van der Waals surface area contributed by atoms with Crippen LogP contribution in [-0.2, 0) is 0 Å². The summed E-state index contributed by atoms with van der Waals surface area (Å²) in [7, 11) is 0. The summed E-state index contributed by atoms with van der Waals surface area (Å²) in [5, 5.41) is 4.23. The predicted octanol–water partition coefficient (Wildman–Crippen LogP) is 4.49. The minimum absolute atomic E-state index is 0.134. The van der Waals surface area contributed by atoms with E-state index in [0.29, 0.717) is 0 Å². The van der Waals surface area contributed by atoms with Gasteiger partial charge >= 0.3 is 0 Å². The Balaban J connectivity index is 1.87. The topological polar surface area (TPSA) is 20.3 Å². The molecule has 0 radical (unpaired) electrons. The smallest absolute Gasteiger partial charge is 0.254 e. The van der Waals surface area contributed by atoms with Gasteiger partial charge in [0.2, 0.25) is 0 Å². The first-order valence-electron chi connectivity index (χ1n) is 6.34. The highest BCUT2D eigenvalue weighted by atomic mass is 79.9. The number of nitrogens with zero attached hydrogens (tertiary/aromatic N) is 1. The van der Waals surface area contributed by atoms with Crippen molar-refractivity contribution >= 4 is 33.2 Å². The number of thiophene rings is 1. The van der Waals surface area contributed by atoms with E-state index in [0.717, 1.165) is 29.4 Å². The minimum Gasteiger partial charge on any atom is -0.332 e. The molecule has 1 aromatic carbocycles. The maximum atomic E-state index is 12.6. The van der Waals surface area contributed by atoms with Gasteiger partial charge in [-0.1, -0.05) is 22.0 Å². The lowest BCUT2D eigenvalue weighted by Gasteiger charge is -2.24. The van der Waals surface area contributed by atoms with E-state index >= 15 is 0 Å². The van der Waals surface area contributed by atoms with Gasteiger partial charge in [-0.05, 0) is 53.4 Å². The molecule has 0 saturated carbocycles. The SMILES string of the molecule is O=C(c1cccc(Br)c1)N1CCCC1c1ccsc1. The van der Waals surface area contributed by atoms with E-state index in [2.05, 4.69) is 32.8 Å². The summed E-state index contributed by atoms with van der Waals surface area (Å²) < 4.78 is 0.949. The number of benzene rings is 1. The average Bonchev–Trinajstić information content (AvgIpc) is 3.08. The Kier molecular flexibility index (Phi) is 3.71. The van der Waals surface area contributed by atoms with Crippen LogP contribution in [0.2, 0.25) is 0 Å². The van der Waals surface area contributed by atoms with Gasteiger partial charge in [-0.2, -0.15) is 11.3 Å². The first-order chi connectivity index (χ1) is 9.25. The Hall–Kier alpha value is -1.13. The van der Waals surface area contributed by atoms with Gasteiger partial charge in [0.15, 0.2) is 0 Å². The van der Waals surface area contributed by atoms with Crippen molar-refractivity contribution in [1.82, 2.24) is 4.90 Å². The molecule has 1 aliphatic heterocycles. The van der Waals surface area contributed by atoms with Crippen molar-refractivity contribution in [2.45, 2.75) is 18.9 Å². The number of amides is 1. The van der Waals surface area contributed by atoms with Crippen LogP contribution in [0.4, 0.5) is 0 Å². The van der Waals surface area contributed by atoms with E-state index in [1.807, 2.05) is 29.2 Å². The molecule has 98 valence electrons. The van der Waals surface area contributed by atoms with E-state index in [9.17, 15) is 4.79 Å². The second kappa shape index (κ2) is 5.47. The molecule has 0 spiro atoms. The van der Waals surface area contributed by atoms with Crippen molar-refractivity contribution < 1.29 is 4.79 Å².